The lowest BCUT2D eigenvalue weighted by atomic mass is 9.98. The number of anilines is 1. The van der Waals surface area contributed by atoms with E-state index in [9.17, 15) is 19.5 Å². The number of hydrogen-bond acceptors (Lipinski definition) is 5. The zero-order chi connectivity index (χ0) is 24.9. The van der Waals surface area contributed by atoms with Gasteiger partial charge < -0.3 is 15.7 Å². The summed E-state index contributed by atoms with van der Waals surface area (Å²) in [6.45, 7) is 1.86. The molecule has 8 nitrogen and oxygen atoms in total. The molecule has 1 heterocycles. The summed E-state index contributed by atoms with van der Waals surface area (Å²) in [5, 5.41) is 24.4. The number of nitrogens with zero attached hydrogens (tertiary/aromatic N) is 2. The number of aromatic carboxylic acids is 1. The van der Waals surface area contributed by atoms with Gasteiger partial charge in [-0.2, -0.15) is 5.26 Å². The standard InChI is InChI=1S/C27H22N4O4/c1-2-21(19-8-3-4-9-20(19)27(34)35)31-26(33)18-10-11-22-24(13-18)30-25(32)14-23(29-22)17-7-5-6-16(12-17)15-28/h3-13,21H,2,14H2,1H3,(H,30,32)(H,31,33)(H,34,35). The SMILES string of the molecule is CCC(NC(=O)c1ccc2c(c1)NC(=O)CC(c1cccc(C#N)c1)=N2)c1ccccc1C(=O)O. The number of nitriles is 1. The van der Waals surface area contributed by atoms with Crippen LogP contribution in [-0.4, -0.2) is 28.6 Å². The third-order valence-corrected chi connectivity index (χ3v) is 5.72. The van der Waals surface area contributed by atoms with E-state index < -0.39 is 17.9 Å². The Morgan fingerprint density at radius 2 is 1.94 bits per heavy atom. The van der Waals surface area contributed by atoms with Gasteiger partial charge in [0.1, 0.15) is 0 Å². The fourth-order valence-corrected chi connectivity index (χ4v) is 3.98. The van der Waals surface area contributed by atoms with E-state index in [2.05, 4.69) is 21.7 Å². The second kappa shape index (κ2) is 10.0. The molecule has 0 fully saturated rings. The molecule has 35 heavy (non-hydrogen) atoms. The van der Waals surface area contributed by atoms with Crippen molar-refractivity contribution in [3.8, 4) is 6.07 Å². The van der Waals surface area contributed by atoms with Crippen molar-refractivity contribution in [2.24, 2.45) is 4.99 Å². The van der Waals surface area contributed by atoms with Crippen LogP contribution in [0.5, 0.6) is 0 Å². The minimum absolute atomic E-state index is 0.0228. The average Bonchev–Trinajstić information content (AvgIpc) is 3.04. The Morgan fingerprint density at radius 3 is 2.69 bits per heavy atom. The molecule has 8 heteroatoms. The molecule has 0 aromatic heterocycles. The van der Waals surface area contributed by atoms with Crippen LogP contribution in [0, 0.1) is 11.3 Å². The van der Waals surface area contributed by atoms with E-state index in [0.717, 1.165) is 0 Å². The molecule has 0 radical (unpaired) electrons. The monoisotopic (exact) mass is 466 g/mol. The summed E-state index contributed by atoms with van der Waals surface area (Å²) in [5.41, 5.74) is 3.52. The van der Waals surface area contributed by atoms with Crippen molar-refractivity contribution < 1.29 is 19.5 Å². The summed E-state index contributed by atoms with van der Waals surface area (Å²) < 4.78 is 0. The second-order valence-corrected chi connectivity index (χ2v) is 8.03. The first-order valence-corrected chi connectivity index (χ1v) is 11.0. The molecule has 3 aromatic rings. The molecule has 3 N–H and O–H groups in total. The lowest BCUT2D eigenvalue weighted by Crippen LogP contribution is -2.29. The van der Waals surface area contributed by atoms with Crippen LogP contribution in [0.15, 0.2) is 71.7 Å². The average molecular weight is 466 g/mol. The molecule has 1 unspecified atom stereocenters. The molecular weight excluding hydrogens is 444 g/mol. The van der Waals surface area contributed by atoms with Crippen molar-refractivity contribution in [3.63, 3.8) is 0 Å². The molecule has 1 atom stereocenters. The van der Waals surface area contributed by atoms with Gasteiger partial charge >= 0.3 is 5.97 Å². The number of rotatable bonds is 6. The van der Waals surface area contributed by atoms with Crippen LogP contribution < -0.4 is 10.6 Å². The molecule has 0 bridgehead atoms. The Kier molecular flexibility index (Phi) is 6.69. The number of carbonyl (C=O) groups excluding carboxylic acids is 2. The number of aliphatic imine (C=N–C) groups is 1. The zero-order valence-electron chi connectivity index (χ0n) is 18.9. The van der Waals surface area contributed by atoms with Gasteiger partial charge in [0.25, 0.3) is 5.91 Å². The van der Waals surface area contributed by atoms with Crippen LogP contribution in [0.2, 0.25) is 0 Å². The van der Waals surface area contributed by atoms with Gasteiger partial charge in [-0.1, -0.05) is 37.3 Å². The van der Waals surface area contributed by atoms with Crippen molar-refractivity contribution in [1.29, 1.82) is 5.26 Å². The maximum Gasteiger partial charge on any atom is 0.336 e. The third-order valence-electron chi connectivity index (χ3n) is 5.72. The van der Waals surface area contributed by atoms with E-state index in [1.54, 1.807) is 60.7 Å². The summed E-state index contributed by atoms with van der Waals surface area (Å²) >= 11 is 0. The second-order valence-electron chi connectivity index (χ2n) is 8.03. The van der Waals surface area contributed by atoms with Crippen LogP contribution in [0.1, 0.15) is 63.2 Å². The normalized spacial score (nSPS) is 13.4. The Balaban J connectivity index is 1.62. The summed E-state index contributed by atoms with van der Waals surface area (Å²) in [5.74, 6) is -1.75. The summed E-state index contributed by atoms with van der Waals surface area (Å²) in [4.78, 5) is 41.8. The van der Waals surface area contributed by atoms with Gasteiger partial charge in [-0.25, -0.2) is 4.79 Å². The molecule has 174 valence electrons. The van der Waals surface area contributed by atoms with E-state index in [0.29, 0.717) is 45.8 Å². The Morgan fingerprint density at radius 1 is 1.14 bits per heavy atom. The van der Waals surface area contributed by atoms with Crippen molar-refractivity contribution >= 4 is 34.9 Å². The van der Waals surface area contributed by atoms with Crippen molar-refractivity contribution in [2.75, 3.05) is 5.32 Å². The first-order valence-electron chi connectivity index (χ1n) is 11.0. The van der Waals surface area contributed by atoms with Crippen molar-refractivity contribution in [3.05, 3.63) is 94.5 Å². The maximum absolute atomic E-state index is 13.0. The molecule has 4 rings (SSSR count). The number of nitrogens with one attached hydrogen (secondary N) is 2. The van der Waals surface area contributed by atoms with E-state index in [-0.39, 0.29) is 17.9 Å². The number of amides is 2. The highest BCUT2D eigenvalue weighted by molar-refractivity contribution is 6.17. The van der Waals surface area contributed by atoms with Gasteiger partial charge in [-0.15, -0.1) is 0 Å². The van der Waals surface area contributed by atoms with Gasteiger partial charge in [-0.3, -0.25) is 14.6 Å². The number of hydrogen-bond donors (Lipinski definition) is 3. The van der Waals surface area contributed by atoms with E-state index in [1.807, 2.05) is 6.92 Å². The highest BCUT2D eigenvalue weighted by atomic mass is 16.4. The van der Waals surface area contributed by atoms with Crippen LogP contribution in [0.25, 0.3) is 0 Å². The van der Waals surface area contributed by atoms with E-state index in [1.165, 1.54) is 6.07 Å². The Hall–Kier alpha value is -4.77. The topological polar surface area (TPSA) is 132 Å². The molecule has 2 amide bonds. The highest BCUT2D eigenvalue weighted by Gasteiger charge is 2.22. The first-order chi connectivity index (χ1) is 16.9. The Bertz CT molecular complexity index is 1400. The predicted molar refractivity (Wildman–Crippen MR) is 131 cm³/mol. The van der Waals surface area contributed by atoms with Crippen molar-refractivity contribution in [1.82, 2.24) is 5.32 Å². The number of carboxylic acids is 1. The first kappa shape index (κ1) is 23.4. The molecule has 1 aliphatic rings. The minimum atomic E-state index is -1.06. The number of carboxylic acid groups (broad SMARTS) is 1. The highest BCUT2D eigenvalue weighted by Crippen LogP contribution is 2.31. The molecule has 1 aliphatic heterocycles. The van der Waals surface area contributed by atoms with Gasteiger partial charge in [0.05, 0.1) is 46.7 Å². The van der Waals surface area contributed by atoms with Crippen LogP contribution in [0.4, 0.5) is 11.4 Å². The van der Waals surface area contributed by atoms with E-state index in [4.69, 9.17) is 5.26 Å². The summed E-state index contributed by atoms with van der Waals surface area (Å²) in [6.07, 6.45) is 0.516. The molecule has 0 spiro atoms. The van der Waals surface area contributed by atoms with Crippen LogP contribution in [-0.2, 0) is 4.79 Å². The molecular formula is C27H22N4O4. The molecule has 0 aliphatic carbocycles. The smallest absolute Gasteiger partial charge is 0.336 e. The fraction of sp³-hybridized carbons (Fsp3) is 0.148. The van der Waals surface area contributed by atoms with Gasteiger partial charge in [0.2, 0.25) is 5.91 Å². The quantitative estimate of drug-likeness (QED) is 0.488. The summed E-state index contributed by atoms with van der Waals surface area (Å²) in [6, 6.07) is 19.8. The third kappa shape index (κ3) is 5.09. The molecule has 0 saturated carbocycles. The maximum atomic E-state index is 13.0. The molecule has 3 aromatic carbocycles. The van der Waals surface area contributed by atoms with Gasteiger partial charge in [-0.05, 0) is 53.9 Å². The van der Waals surface area contributed by atoms with E-state index >= 15 is 0 Å². The zero-order valence-corrected chi connectivity index (χ0v) is 18.9. The van der Waals surface area contributed by atoms with Gasteiger partial charge in [0.15, 0.2) is 0 Å². The number of fused-ring (bicyclic) bond motifs is 1. The lowest BCUT2D eigenvalue weighted by molar-refractivity contribution is -0.115. The van der Waals surface area contributed by atoms with Crippen LogP contribution in [0.3, 0.4) is 0 Å². The largest absolute Gasteiger partial charge is 0.478 e. The Labute approximate surface area is 201 Å². The number of benzene rings is 3. The van der Waals surface area contributed by atoms with Crippen LogP contribution >= 0.6 is 0 Å². The van der Waals surface area contributed by atoms with Gasteiger partial charge in [0, 0.05) is 5.56 Å². The summed E-state index contributed by atoms with van der Waals surface area (Å²) in [7, 11) is 0. The predicted octanol–water partition coefficient (Wildman–Crippen LogP) is 4.60. The molecule has 0 saturated heterocycles. The number of carbonyl (C=O) groups is 3. The fourth-order valence-electron chi connectivity index (χ4n) is 3.98. The lowest BCUT2D eigenvalue weighted by Gasteiger charge is -2.19. The van der Waals surface area contributed by atoms with Crippen molar-refractivity contribution in [2.45, 2.75) is 25.8 Å². The minimum Gasteiger partial charge on any atom is -0.478 e.